The van der Waals surface area contributed by atoms with Gasteiger partial charge in [-0.15, -0.1) is 0 Å². The molecule has 0 aliphatic rings. The van der Waals surface area contributed by atoms with Gasteiger partial charge in [0.05, 0.1) is 36.2 Å². The number of halogens is 1. The zero-order valence-corrected chi connectivity index (χ0v) is 18.8. The van der Waals surface area contributed by atoms with Crippen LogP contribution >= 0.6 is 11.6 Å². The van der Waals surface area contributed by atoms with Crippen molar-refractivity contribution < 1.29 is 18.8 Å². The number of nitrogens with zero attached hydrogens (tertiary/aromatic N) is 4. The average molecular weight is 455 g/mol. The zero-order chi connectivity index (χ0) is 22.7. The van der Waals surface area contributed by atoms with Crippen LogP contribution in [0.25, 0.3) is 33.7 Å². The van der Waals surface area contributed by atoms with Crippen molar-refractivity contribution in [3.63, 3.8) is 0 Å². The van der Waals surface area contributed by atoms with E-state index in [1.54, 1.807) is 23.7 Å². The Morgan fingerprint density at radius 1 is 1.25 bits per heavy atom. The molecule has 0 N–H and O–H groups in total. The SMILES string of the molecule is CCOC(=O)CCn1cc2c(-c3noc(-c4ccc(OC(C)C)c(Cl)c4)n3)cccc2n1. The van der Waals surface area contributed by atoms with Gasteiger partial charge < -0.3 is 14.0 Å². The van der Waals surface area contributed by atoms with Crippen LogP contribution in [0.4, 0.5) is 0 Å². The molecule has 166 valence electrons. The maximum atomic E-state index is 11.6. The summed E-state index contributed by atoms with van der Waals surface area (Å²) in [6.45, 7) is 6.45. The van der Waals surface area contributed by atoms with Crippen molar-refractivity contribution in [2.24, 2.45) is 0 Å². The summed E-state index contributed by atoms with van der Waals surface area (Å²) in [7, 11) is 0. The third-order valence-corrected chi connectivity index (χ3v) is 4.95. The molecular formula is C23H23ClN4O4. The highest BCUT2D eigenvalue weighted by Gasteiger charge is 2.16. The molecule has 0 saturated carbocycles. The average Bonchev–Trinajstić information content (AvgIpc) is 3.40. The molecule has 0 spiro atoms. The van der Waals surface area contributed by atoms with Gasteiger partial charge in [0.15, 0.2) is 0 Å². The minimum absolute atomic E-state index is 0.0204. The minimum atomic E-state index is -0.251. The van der Waals surface area contributed by atoms with Gasteiger partial charge in [-0.05, 0) is 45.0 Å². The Balaban J connectivity index is 1.59. The number of aromatic nitrogens is 4. The van der Waals surface area contributed by atoms with Crippen LogP contribution in [0.5, 0.6) is 5.75 Å². The number of ether oxygens (including phenoxy) is 2. The Kier molecular flexibility index (Phi) is 6.41. The van der Waals surface area contributed by atoms with E-state index in [1.807, 2.05) is 44.3 Å². The summed E-state index contributed by atoms with van der Waals surface area (Å²) < 4.78 is 17.9. The maximum absolute atomic E-state index is 11.6. The van der Waals surface area contributed by atoms with E-state index in [0.717, 1.165) is 16.5 Å². The molecule has 0 atom stereocenters. The summed E-state index contributed by atoms with van der Waals surface area (Å²) in [6, 6.07) is 11.0. The Bertz CT molecular complexity index is 1250. The lowest BCUT2D eigenvalue weighted by Crippen LogP contribution is -2.09. The number of fused-ring (bicyclic) bond motifs is 1. The molecule has 2 aromatic carbocycles. The number of rotatable bonds is 8. The highest BCUT2D eigenvalue weighted by atomic mass is 35.5. The standard InChI is InChI=1S/C23H23ClN4O4/c1-4-30-21(29)10-11-28-13-17-16(6-5-7-19(17)26-28)22-25-23(32-27-22)15-8-9-20(18(24)12-15)31-14(2)3/h5-9,12-14H,4,10-11H2,1-3H3. The number of hydrogen-bond donors (Lipinski definition) is 0. The van der Waals surface area contributed by atoms with Crippen LogP contribution in [-0.2, 0) is 16.1 Å². The third-order valence-electron chi connectivity index (χ3n) is 4.66. The van der Waals surface area contributed by atoms with Crippen LogP contribution in [0.1, 0.15) is 27.2 Å². The lowest BCUT2D eigenvalue weighted by Gasteiger charge is -2.11. The Labute approximate surface area is 190 Å². The van der Waals surface area contributed by atoms with Crippen LogP contribution in [0, 0.1) is 0 Å². The van der Waals surface area contributed by atoms with Crippen LogP contribution in [0.3, 0.4) is 0 Å². The molecule has 0 saturated heterocycles. The Morgan fingerprint density at radius 3 is 2.84 bits per heavy atom. The van der Waals surface area contributed by atoms with Gasteiger partial charge in [0.2, 0.25) is 5.82 Å². The minimum Gasteiger partial charge on any atom is -0.489 e. The molecule has 2 aromatic heterocycles. The first-order valence-electron chi connectivity index (χ1n) is 10.4. The van der Waals surface area contributed by atoms with E-state index in [9.17, 15) is 4.79 Å². The quantitative estimate of drug-likeness (QED) is 0.340. The molecule has 0 aliphatic heterocycles. The van der Waals surface area contributed by atoms with Crippen molar-refractivity contribution in [3.05, 3.63) is 47.6 Å². The van der Waals surface area contributed by atoms with Crippen molar-refractivity contribution in [2.75, 3.05) is 6.61 Å². The first-order valence-corrected chi connectivity index (χ1v) is 10.7. The van der Waals surface area contributed by atoms with Gasteiger partial charge in [0.1, 0.15) is 5.75 Å². The van der Waals surface area contributed by atoms with E-state index in [4.69, 9.17) is 25.6 Å². The van der Waals surface area contributed by atoms with E-state index in [0.29, 0.717) is 41.2 Å². The van der Waals surface area contributed by atoms with Crippen LogP contribution in [0.15, 0.2) is 47.1 Å². The number of carbonyl (C=O) groups is 1. The molecule has 0 unspecified atom stereocenters. The highest BCUT2D eigenvalue weighted by molar-refractivity contribution is 6.32. The molecule has 9 heteroatoms. The topological polar surface area (TPSA) is 92.3 Å². The van der Waals surface area contributed by atoms with E-state index in [1.165, 1.54) is 0 Å². The molecule has 4 aromatic rings. The van der Waals surface area contributed by atoms with Crippen LogP contribution in [-0.4, -0.2) is 38.6 Å². The van der Waals surface area contributed by atoms with Gasteiger partial charge in [-0.3, -0.25) is 9.48 Å². The predicted octanol–water partition coefficient (Wildman–Crippen LogP) is 5.15. The number of esters is 1. The molecule has 0 fully saturated rings. The molecule has 0 radical (unpaired) electrons. The predicted molar refractivity (Wildman–Crippen MR) is 120 cm³/mol. The van der Waals surface area contributed by atoms with Crippen molar-refractivity contribution >= 4 is 28.5 Å². The molecule has 4 rings (SSSR count). The second kappa shape index (κ2) is 9.40. The Hall–Kier alpha value is -3.39. The summed E-state index contributed by atoms with van der Waals surface area (Å²) in [4.78, 5) is 16.2. The normalized spacial score (nSPS) is 11.3. The third kappa shape index (κ3) is 4.75. The summed E-state index contributed by atoms with van der Waals surface area (Å²) in [5.74, 6) is 1.14. The lowest BCUT2D eigenvalue weighted by molar-refractivity contribution is -0.143. The van der Waals surface area contributed by atoms with E-state index >= 15 is 0 Å². The van der Waals surface area contributed by atoms with Gasteiger partial charge in [-0.25, -0.2) is 0 Å². The monoisotopic (exact) mass is 454 g/mol. The zero-order valence-electron chi connectivity index (χ0n) is 18.0. The second-order valence-corrected chi connectivity index (χ2v) is 7.83. The van der Waals surface area contributed by atoms with E-state index in [-0.39, 0.29) is 18.5 Å². The molecular weight excluding hydrogens is 432 g/mol. The summed E-state index contributed by atoms with van der Waals surface area (Å²) in [5, 5.41) is 10.0. The largest absolute Gasteiger partial charge is 0.489 e. The first kappa shape index (κ1) is 21.8. The van der Waals surface area contributed by atoms with E-state index < -0.39 is 0 Å². The van der Waals surface area contributed by atoms with Gasteiger partial charge >= 0.3 is 5.97 Å². The van der Waals surface area contributed by atoms with E-state index in [2.05, 4.69) is 15.2 Å². The van der Waals surface area contributed by atoms with Crippen LogP contribution < -0.4 is 4.74 Å². The molecule has 8 nitrogen and oxygen atoms in total. The number of hydrogen-bond acceptors (Lipinski definition) is 7. The number of benzene rings is 2. The van der Waals surface area contributed by atoms with Crippen molar-refractivity contribution in [3.8, 4) is 28.6 Å². The van der Waals surface area contributed by atoms with Gasteiger partial charge in [0, 0.05) is 22.7 Å². The fourth-order valence-corrected chi connectivity index (χ4v) is 3.50. The summed E-state index contributed by atoms with van der Waals surface area (Å²) in [6.07, 6.45) is 2.14. The molecule has 2 heterocycles. The smallest absolute Gasteiger partial charge is 0.307 e. The number of aryl methyl sites for hydroxylation is 1. The lowest BCUT2D eigenvalue weighted by atomic mass is 10.1. The van der Waals surface area contributed by atoms with Crippen molar-refractivity contribution in [2.45, 2.75) is 39.8 Å². The summed E-state index contributed by atoms with van der Waals surface area (Å²) in [5.41, 5.74) is 2.25. The second-order valence-electron chi connectivity index (χ2n) is 7.42. The molecule has 0 aliphatic carbocycles. The number of carbonyl (C=O) groups excluding carboxylic acids is 1. The van der Waals surface area contributed by atoms with Crippen molar-refractivity contribution in [1.82, 2.24) is 19.9 Å². The van der Waals surface area contributed by atoms with Crippen molar-refractivity contribution in [1.29, 1.82) is 0 Å². The fraction of sp³-hybridized carbons (Fsp3) is 0.304. The summed E-state index contributed by atoms with van der Waals surface area (Å²) >= 11 is 6.34. The highest BCUT2D eigenvalue weighted by Crippen LogP contribution is 2.32. The molecule has 0 amide bonds. The van der Waals surface area contributed by atoms with Gasteiger partial charge in [-0.2, -0.15) is 10.1 Å². The molecule has 32 heavy (non-hydrogen) atoms. The van der Waals surface area contributed by atoms with Gasteiger partial charge in [-0.1, -0.05) is 28.9 Å². The Morgan fingerprint density at radius 2 is 2.09 bits per heavy atom. The van der Waals surface area contributed by atoms with Crippen LogP contribution in [0.2, 0.25) is 5.02 Å². The first-order chi connectivity index (χ1) is 15.4. The maximum Gasteiger partial charge on any atom is 0.307 e. The fourth-order valence-electron chi connectivity index (χ4n) is 3.27. The van der Waals surface area contributed by atoms with Gasteiger partial charge in [0.25, 0.3) is 5.89 Å². The molecule has 0 bridgehead atoms.